The molecule has 1 atom stereocenters. The minimum absolute atomic E-state index is 0.0347. The van der Waals surface area contributed by atoms with E-state index in [4.69, 9.17) is 0 Å². The highest BCUT2D eigenvalue weighted by Crippen LogP contribution is 2.19. The monoisotopic (exact) mass is 423 g/mol. The number of carbonyl (C=O) groups excluding carboxylic acids is 3. The molecule has 3 rings (SSSR count). The number of benzene rings is 2. The van der Waals surface area contributed by atoms with Crippen molar-refractivity contribution in [2.75, 3.05) is 36.1 Å². The predicted molar refractivity (Wildman–Crippen MR) is 122 cm³/mol. The first kappa shape index (κ1) is 22.1. The van der Waals surface area contributed by atoms with Gasteiger partial charge in [-0.2, -0.15) is 0 Å². The summed E-state index contributed by atoms with van der Waals surface area (Å²) in [5, 5.41) is 11.1. The molecule has 164 valence electrons. The summed E-state index contributed by atoms with van der Waals surface area (Å²) in [7, 11) is 1.61. The summed E-state index contributed by atoms with van der Waals surface area (Å²) in [6.45, 7) is 3.11. The topological polar surface area (TPSA) is 103 Å². The van der Waals surface area contributed by atoms with Gasteiger partial charge in [-0.1, -0.05) is 19.1 Å². The molecule has 1 aliphatic rings. The van der Waals surface area contributed by atoms with E-state index in [1.807, 2.05) is 24.3 Å². The molecule has 5 amide bonds. The second kappa shape index (κ2) is 10.5. The Kier molecular flexibility index (Phi) is 7.48. The molecule has 0 aliphatic carbocycles. The zero-order valence-electron chi connectivity index (χ0n) is 17.9. The van der Waals surface area contributed by atoms with E-state index >= 15 is 0 Å². The van der Waals surface area contributed by atoms with Gasteiger partial charge in [0.1, 0.15) is 0 Å². The summed E-state index contributed by atoms with van der Waals surface area (Å²) in [6, 6.07) is 14.0. The molecule has 1 unspecified atom stereocenters. The van der Waals surface area contributed by atoms with Gasteiger partial charge < -0.3 is 26.2 Å². The average molecular weight is 424 g/mol. The molecule has 0 radical (unpaired) electrons. The van der Waals surface area contributed by atoms with Crippen LogP contribution in [-0.2, 0) is 11.2 Å². The number of amides is 5. The third-order valence-electron chi connectivity index (χ3n) is 5.34. The van der Waals surface area contributed by atoms with Gasteiger partial charge in [0.2, 0.25) is 5.91 Å². The molecule has 4 N–H and O–H groups in total. The average Bonchev–Trinajstić information content (AvgIpc) is 2.80. The van der Waals surface area contributed by atoms with Gasteiger partial charge in [-0.3, -0.25) is 4.79 Å². The smallest absolute Gasteiger partial charge is 0.323 e. The van der Waals surface area contributed by atoms with Crippen LogP contribution in [0.15, 0.2) is 48.5 Å². The molecular formula is C23H29N5O3. The van der Waals surface area contributed by atoms with Crippen LogP contribution in [0.5, 0.6) is 0 Å². The van der Waals surface area contributed by atoms with Gasteiger partial charge in [0, 0.05) is 37.2 Å². The van der Waals surface area contributed by atoms with Crippen LogP contribution in [0.3, 0.4) is 0 Å². The number of anilines is 3. The van der Waals surface area contributed by atoms with Crippen molar-refractivity contribution < 1.29 is 14.4 Å². The maximum Gasteiger partial charge on any atom is 0.323 e. The molecule has 2 aromatic rings. The van der Waals surface area contributed by atoms with Crippen LogP contribution in [-0.4, -0.2) is 43.0 Å². The summed E-state index contributed by atoms with van der Waals surface area (Å²) in [6.07, 6.45) is 2.53. The molecule has 31 heavy (non-hydrogen) atoms. The lowest BCUT2D eigenvalue weighted by Gasteiger charge is -2.31. The van der Waals surface area contributed by atoms with E-state index < -0.39 is 0 Å². The van der Waals surface area contributed by atoms with Crippen LogP contribution in [0.25, 0.3) is 0 Å². The molecule has 8 heteroatoms. The number of nitrogens with one attached hydrogen (secondary N) is 4. The van der Waals surface area contributed by atoms with Crippen molar-refractivity contribution >= 4 is 35.0 Å². The fourth-order valence-corrected chi connectivity index (χ4v) is 3.54. The van der Waals surface area contributed by atoms with Crippen molar-refractivity contribution in [2.24, 2.45) is 5.92 Å². The lowest BCUT2D eigenvalue weighted by atomic mass is 9.97. The number of likely N-dealkylation sites (tertiary alicyclic amines) is 1. The number of aryl methyl sites for hydroxylation is 1. The number of urea groups is 2. The van der Waals surface area contributed by atoms with Gasteiger partial charge in [0.25, 0.3) is 0 Å². The van der Waals surface area contributed by atoms with Gasteiger partial charge in [0.15, 0.2) is 0 Å². The van der Waals surface area contributed by atoms with Gasteiger partial charge in [-0.25, -0.2) is 9.59 Å². The van der Waals surface area contributed by atoms with Crippen LogP contribution < -0.4 is 21.3 Å². The first-order valence-electron chi connectivity index (χ1n) is 10.5. The van der Waals surface area contributed by atoms with Crippen LogP contribution in [0.4, 0.5) is 26.7 Å². The highest BCUT2D eigenvalue weighted by atomic mass is 16.2. The maximum absolute atomic E-state index is 12.5. The fourth-order valence-electron chi connectivity index (χ4n) is 3.54. The minimum atomic E-state index is -0.338. The van der Waals surface area contributed by atoms with Gasteiger partial charge in [-0.05, 0) is 61.2 Å². The van der Waals surface area contributed by atoms with Crippen molar-refractivity contribution in [3.8, 4) is 0 Å². The van der Waals surface area contributed by atoms with E-state index in [9.17, 15) is 14.4 Å². The number of piperidine rings is 1. The summed E-state index contributed by atoms with van der Waals surface area (Å²) in [5.41, 5.74) is 3.15. The van der Waals surface area contributed by atoms with E-state index in [-0.39, 0.29) is 23.9 Å². The summed E-state index contributed by atoms with van der Waals surface area (Å²) < 4.78 is 0. The molecule has 0 saturated carbocycles. The highest BCUT2D eigenvalue weighted by molar-refractivity contribution is 6.00. The minimum Gasteiger partial charge on any atom is -0.359 e. The van der Waals surface area contributed by atoms with Crippen LogP contribution in [0.2, 0.25) is 0 Å². The normalized spacial score (nSPS) is 15.7. The van der Waals surface area contributed by atoms with Gasteiger partial charge >= 0.3 is 12.1 Å². The second-order valence-corrected chi connectivity index (χ2v) is 7.54. The standard InChI is InChI=1S/C23H29N5O3/c1-3-16-6-8-18(9-7-16)25-22(30)26-19-10-12-20(13-11-19)27-23(31)28-14-4-5-17(15-28)21(29)24-2/h6-13,17H,3-5,14-15H2,1-2H3,(H,24,29)(H,27,31)(H2,25,26,30). The van der Waals surface area contributed by atoms with Gasteiger partial charge in [0.05, 0.1) is 5.92 Å². The Morgan fingerprint density at radius 1 is 0.903 bits per heavy atom. The predicted octanol–water partition coefficient (Wildman–Crippen LogP) is 3.88. The molecule has 0 bridgehead atoms. The Labute approximate surface area is 182 Å². The molecule has 0 spiro atoms. The van der Waals surface area contributed by atoms with Crippen LogP contribution >= 0.6 is 0 Å². The van der Waals surface area contributed by atoms with Crippen molar-refractivity contribution in [1.29, 1.82) is 0 Å². The highest BCUT2D eigenvalue weighted by Gasteiger charge is 2.27. The third kappa shape index (κ3) is 6.21. The van der Waals surface area contributed by atoms with Crippen LogP contribution in [0.1, 0.15) is 25.3 Å². The first-order valence-corrected chi connectivity index (χ1v) is 10.5. The molecule has 2 aromatic carbocycles. The Balaban J connectivity index is 1.50. The zero-order valence-corrected chi connectivity index (χ0v) is 17.9. The van der Waals surface area contributed by atoms with E-state index in [0.717, 1.165) is 24.9 Å². The molecule has 1 saturated heterocycles. The van der Waals surface area contributed by atoms with Crippen molar-refractivity contribution in [3.63, 3.8) is 0 Å². The molecule has 1 aliphatic heterocycles. The first-order chi connectivity index (χ1) is 15.0. The molecular weight excluding hydrogens is 394 g/mol. The van der Waals surface area contributed by atoms with Crippen molar-refractivity contribution in [1.82, 2.24) is 10.2 Å². The number of hydrogen-bond acceptors (Lipinski definition) is 3. The molecule has 0 aromatic heterocycles. The van der Waals surface area contributed by atoms with E-state index in [2.05, 4.69) is 28.2 Å². The molecule has 1 fully saturated rings. The SMILES string of the molecule is CCc1ccc(NC(=O)Nc2ccc(NC(=O)N3CCCC(C(=O)NC)C3)cc2)cc1. The van der Waals surface area contributed by atoms with E-state index in [1.165, 1.54) is 5.56 Å². The number of hydrogen-bond donors (Lipinski definition) is 4. The van der Waals surface area contributed by atoms with E-state index in [1.54, 1.807) is 36.2 Å². The number of rotatable bonds is 5. The third-order valence-corrected chi connectivity index (χ3v) is 5.34. The quantitative estimate of drug-likeness (QED) is 0.587. The summed E-state index contributed by atoms with van der Waals surface area (Å²) >= 11 is 0. The zero-order chi connectivity index (χ0) is 22.2. The summed E-state index contributed by atoms with van der Waals surface area (Å²) in [5.74, 6) is -0.208. The Morgan fingerprint density at radius 3 is 2.00 bits per heavy atom. The lowest BCUT2D eigenvalue weighted by Crippen LogP contribution is -2.46. The van der Waals surface area contributed by atoms with E-state index in [0.29, 0.717) is 24.5 Å². The summed E-state index contributed by atoms with van der Waals surface area (Å²) in [4.78, 5) is 38.2. The maximum atomic E-state index is 12.5. The Hall–Kier alpha value is -3.55. The number of nitrogens with zero attached hydrogens (tertiary/aromatic N) is 1. The van der Waals surface area contributed by atoms with Crippen molar-refractivity contribution in [2.45, 2.75) is 26.2 Å². The number of carbonyl (C=O) groups is 3. The van der Waals surface area contributed by atoms with Crippen LogP contribution in [0, 0.1) is 5.92 Å². The Morgan fingerprint density at radius 2 is 1.45 bits per heavy atom. The second-order valence-electron chi connectivity index (χ2n) is 7.54. The fraction of sp³-hybridized carbons (Fsp3) is 0.348. The van der Waals surface area contributed by atoms with Gasteiger partial charge in [-0.15, -0.1) is 0 Å². The molecule has 1 heterocycles. The lowest BCUT2D eigenvalue weighted by molar-refractivity contribution is -0.125. The largest absolute Gasteiger partial charge is 0.359 e. The Bertz CT molecular complexity index is 912. The molecule has 8 nitrogen and oxygen atoms in total. The van der Waals surface area contributed by atoms with Crippen molar-refractivity contribution in [3.05, 3.63) is 54.1 Å².